The standard InChI is InChI=1S/C12H16N2S3/c1-12(2,13)8-16-6-10-7-17-11(14-10)9-3-4-15-5-9/h3-5,7H,6,8,13H2,1-2H3. The van der Waals surface area contributed by atoms with Crippen LogP contribution in [0.1, 0.15) is 19.5 Å². The molecule has 2 aromatic rings. The molecule has 0 aliphatic rings. The molecular weight excluding hydrogens is 268 g/mol. The fraction of sp³-hybridized carbons (Fsp3) is 0.417. The Kier molecular flexibility index (Phi) is 4.25. The van der Waals surface area contributed by atoms with Crippen LogP contribution in [0.2, 0.25) is 0 Å². The van der Waals surface area contributed by atoms with Crippen LogP contribution >= 0.6 is 34.4 Å². The first kappa shape index (κ1) is 13.1. The van der Waals surface area contributed by atoms with Gasteiger partial charge < -0.3 is 5.73 Å². The van der Waals surface area contributed by atoms with Gasteiger partial charge in [-0.05, 0) is 25.3 Å². The first-order chi connectivity index (χ1) is 8.04. The van der Waals surface area contributed by atoms with Crippen LogP contribution in [0.3, 0.4) is 0 Å². The molecule has 92 valence electrons. The fourth-order valence-electron chi connectivity index (χ4n) is 1.31. The number of thioether (sulfide) groups is 1. The Morgan fingerprint density at radius 2 is 2.24 bits per heavy atom. The number of nitrogens with zero attached hydrogens (tertiary/aromatic N) is 1. The summed E-state index contributed by atoms with van der Waals surface area (Å²) in [5.74, 6) is 1.90. The highest BCUT2D eigenvalue weighted by Crippen LogP contribution is 2.27. The van der Waals surface area contributed by atoms with Crippen molar-refractivity contribution in [3.63, 3.8) is 0 Å². The molecule has 5 heteroatoms. The van der Waals surface area contributed by atoms with Crippen molar-refractivity contribution in [1.29, 1.82) is 0 Å². The molecule has 0 radical (unpaired) electrons. The average molecular weight is 284 g/mol. The predicted molar refractivity (Wildman–Crippen MR) is 79.9 cm³/mol. The van der Waals surface area contributed by atoms with E-state index in [0.717, 1.165) is 22.2 Å². The second-order valence-electron chi connectivity index (χ2n) is 4.64. The molecule has 0 aromatic carbocycles. The van der Waals surface area contributed by atoms with Gasteiger partial charge in [-0.15, -0.1) is 11.3 Å². The van der Waals surface area contributed by atoms with E-state index in [4.69, 9.17) is 5.73 Å². The van der Waals surface area contributed by atoms with Gasteiger partial charge in [0.1, 0.15) is 5.01 Å². The third-order valence-electron chi connectivity index (χ3n) is 2.04. The Labute approximate surface area is 114 Å². The summed E-state index contributed by atoms with van der Waals surface area (Å²) in [4.78, 5) is 4.64. The van der Waals surface area contributed by atoms with Crippen LogP contribution in [0.4, 0.5) is 0 Å². The highest BCUT2D eigenvalue weighted by Gasteiger charge is 2.11. The number of thiophene rings is 1. The average Bonchev–Trinajstić information content (AvgIpc) is 2.83. The minimum Gasteiger partial charge on any atom is -0.325 e. The second kappa shape index (κ2) is 5.52. The highest BCUT2D eigenvalue weighted by molar-refractivity contribution is 7.98. The number of thiazole rings is 1. The second-order valence-corrected chi connectivity index (χ2v) is 7.26. The van der Waals surface area contributed by atoms with Gasteiger partial charge in [0.15, 0.2) is 0 Å². The van der Waals surface area contributed by atoms with Crippen molar-refractivity contribution in [3.8, 4) is 10.6 Å². The van der Waals surface area contributed by atoms with E-state index in [0.29, 0.717) is 0 Å². The van der Waals surface area contributed by atoms with E-state index in [9.17, 15) is 0 Å². The molecule has 2 rings (SSSR count). The first-order valence-electron chi connectivity index (χ1n) is 5.38. The molecule has 2 aromatic heterocycles. The molecule has 2 nitrogen and oxygen atoms in total. The molecule has 0 atom stereocenters. The maximum Gasteiger partial charge on any atom is 0.124 e. The van der Waals surface area contributed by atoms with Crippen molar-refractivity contribution >= 4 is 34.4 Å². The van der Waals surface area contributed by atoms with Crippen LogP contribution in [0.5, 0.6) is 0 Å². The highest BCUT2D eigenvalue weighted by atomic mass is 32.2. The molecule has 0 aliphatic carbocycles. The Morgan fingerprint density at radius 3 is 2.88 bits per heavy atom. The van der Waals surface area contributed by atoms with Crippen LogP contribution < -0.4 is 5.73 Å². The van der Waals surface area contributed by atoms with Gasteiger partial charge in [-0.25, -0.2) is 4.98 Å². The van der Waals surface area contributed by atoms with E-state index < -0.39 is 0 Å². The van der Waals surface area contributed by atoms with Gasteiger partial charge in [0, 0.05) is 33.4 Å². The van der Waals surface area contributed by atoms with Crippen molar-refractivity contribution in [2.75, 3.05) is 5.75 Å². The summed E-state index contributed by atoms with van der Waals surface area (Å²) >= 11 is 5.27. The molecule has 0 amide bonds. The Balaban J connectivity index is 1.91. The third-order valence-corrected chi connectivity index (χ3v) is 5.12. The van der Waals surface area contributed by atoms with Crippen LogP contribution in [0.25, 0.3) is 10.6 Å². The predicted octanol–water partition coefficient (Wildman–Crippen LogP) is 3.84. The maximum absolute atomic E-state index is 5.94. The summed E-state index contributed by atoms with van der Waals surface area (Å²) in [6.07, 6.45) is 0. The van der Waals surface area contributed by atoms with E-state index in [-0.39, 0.29) is 5.54 Å². The summed E-state index contributed by atoms with van der Waals surface area (Å²) in [6.45, 7) is 4.11. The van der Waals surface area contributed by atoms with Gasteiger partial charge >= 0.3 is 0 Å². The zero-order valence-corrected chi connectivity index (χ0v) is 12.4. The van der Waals surface area contributed by atoms with Gasteiger partial charge in [0.25, 0.3) is 0 Å². The minimum atomic E-state index is -0.100. The lowest BCUT2D eigenvalue weighted by molar-refractivity contribution is 0.591. The summed E-state index contributed by atoms with van der Waals surface area (Å²) in [6, 6.07) is 2.11. The molecule has 17 heavy (non-hydrogen) atoms. The number of aromatic nitrogens is 1. The summed E-state index contributed by atoms with van der Waals surface area (Å²) < 4.78 is 0. The van der Waals surface area contributed by atoms with E-state index in [2.05, 4.69) is 41.0 Å². The molecule has 2 heterocycles. The van der Waals surface area contributed by atoms with Crippen molar-refractivity contribution < 1.29 is 0 Å². The molecule has 2 N–H and O–H groups in total. The summed E-state index contributed by atoms with van der Waals surface area (Å²) in [5.41, 5.74) is 8.23. The van der Waals surface area contributed by atoms with Crippen molar-refractivity contribution in [2.45, 2.75) is 25.1 Å². The van der Waals surface area contributed by atoms with E-state index in [1.54, 1.807) is 22.7 Å². The molecule has 0 fully saturated rings. The molecule has 0 aliphatic heterocycles. The lowest BCUT2D eigenvalue weighted by Crippen LogP contribution is -2.34. The van der Waals surface area contributed by atoms with Crippen LogP contribution in [-0.2, 0) is 5.75 Å². The largest absolute Gasteiger partial charge is 0.325 e. The van der Waals surface area contributed by atoms with Crippen LogP contribution in [-0.4, -0.2) is 16.3 Å². The fourth-order valence-corrected chi connectivity index (χ4v) is 3.93. The SMILES string of the molecule is CC(C)(N)CSCc1csc(-c2ccsc2)n1. The van der Waals surface area contributed by atoms with Crippen molar-refractivity contribution in [2.24, 2.45) is 5.73 Å². The van der Waals surface area contributed by atoms with Crippen molar-refractivity contribution in [1.82, 2.24) is 4.98 Å². The smallest absolute Gasteiger partial charge is 0.124 e. The van der Waals surface area contributed by atoms with Crippen molar-refractivity contribution in [3.05, 3.63) is 27.9 Å². The molecule has 0 bridgehead atoms. The van der Waals surface area contributed by atoms with Gasteiger partial charge in [-0.2, -0.15) is 23.1 Å². The zero-order valence-electron chi connectivity index (χ0n) is 9.97. The number of nitrogens with two attached hydrogens (primary N) is 1. The Morgan fingerprint density at radius 1 is 1.41 bits per heavy atom. The van der Waals surface area contributed by atoms with Crippen LogP contribution in [0.15, 0.2) is 22.2 Å². The minimum absolute atomic E-state index is 0.100. The van der Waals surface area contributed by atoms with E-state index in [1.165, 1.54) is 5.56 Å². The lowest BCUT2D eigenvalue weighted by Gasteiger charge is -2.16. The number of hydrogen-bond donors (Lipinski definition) is 1. The van der Waals surface area contributed by atoms with Gasteiger partial charge in [-0.3, -0.25) is 0 Å². The van der Waals surface area contributed by atoms with Crippen LogP contribution in [0, 0.1) is 0 Å². The third kappa shape index (κ3) is 4.10. The van der Waals surface area contributed by atoms with Gasteiger partial charge in [0.05, 0.1) is 5.69 Å². The number of rotatable bonds is 5. The van der Waals surface area contributed by atoms with Gasteiger partial charge in [-0.1, -0.05) is 0 Å². The zero-order chi connectivity index (χ0) is 12.3. The molecule has 0 spiro atoms. The first-order valence-corrected chi connectivity index (χ1v) is 8.36. The number of hydrogen-bond acceptors (Lipinski definition) is 5. The van der Waals surface area contributed by atoms with Gasteiger partial charge in [0.2, 0.25) is 0 Å². The molecular formula is C12H16N2S3. The normalized spacial score (nSPS) is 11.9. The summed E-state index contributed by atoms with van der Waals surface area (Å²) in [7, 11) is 0. The topological polar surface area (TPSA) is 38.9 Å². The Hall–Kier alpha value is -0.360. The van der Waals surface area contributed by atoms with E-state index in [1.807, 2.05) is 11.8 Å². The maximum atomic E-state index is 5.94. The molecule has 0 saturated carbocycles. The summed E-state index contributed by atoms with van der Waals surface area (Å²) in [5, 5.41) is 7.48. The lowest BCUT2D eigenvalue weighted by atomic mass is 10.1. The van der Waals surface area contributed by atoms with E-state index >= 15 is 0 Å². The quantitative estimate of drug-likeness (QED) is 0.906. The molecule has 0 unspecified atom stereocenters. The monoisotopic (exact) mass is 284 g/mol. The molecule has 0 saturated heterocycles. The Bertz CT molecular complexity index is 454.